The lowest BCUT2D eigenvalue weighted by Crippen LogP contribution is -2.43. The molecule has 7 rings (SSSR count). The van der Waals surface area contributed by atoms with Crippen LogP contribution in [-0.2, 0) is 14.3 Å². The quantitative estimate of drug-likeness (QED) is 0.393. The van der Waals surface area contributed by atoms with Crippen LogP contribution in [0, 0.1) is 23.2 Å². The molecule has 3 aromatic carbocycles. The van der Waals surface area contributed by atoms with E-state index in [-0.39, 0.29) is 11.8 Å². The number of hydrogen-bond donors (Lipinski definition) is 1. The van der Waals surface area contributed by atoms with Crippen LogP contribution in [0.4, 0.5) is 5.69 Å². The molecule has 184 valence electrons. The number of carbonyl (C=O) groups excluding carboxylic acids is 2. The summed E-state index contributed by atoms with van der Waals surface area (Å²) in [5.41, 5.74) is 0.556. The van der Waals surface area contributed by atoms with Gasteiger partial charge in [-0.1, -0.05) is 36.4 Å². The second-order valence-corrected chi connectivity index (χ2v) is 10.5. The van der Waals surface area contributed by atoms with E-state index in [4.69, 9.17) is 9.47 Å². The second-order valence-electron chi connectivity index (χ2n) is 10.5. The summed E-state index contributed by atoms with van der Waals surface area (Å²) in [4.78, 5) is 32.5. The van der Waals surface area contributed by atoms with Gasteiger partial charge in [0, 0.05) is 28.8 Å². The van der Waals surface area contributed by atoms with Crippen LogP contribution in [0.2, 0.25) is 0 Å². The number of aromatic nitrogens is 1. The zero-order valence-electron chi connectivity index (χ0n) is 20.4. The van der Waals surface area contributed by atoms with Crippen molar-refractivity contribution in [3.8, 4) is 11.8 Å². The van der Waals surface area contributed by atoms with E-state index in [0.717, 1.165) is 33.8 Å². The molecule has 3 aliphatic rings. The lowest BCUT2D eigenvalue weighted by molar-refractivity contribution is -0.131. The van der Waals surface area contributed by atoms with E-state index in [0.29, 0.717) is 30.7 Å². The van der Waals surface area contributed by atoms with Crippen LogP contribution in [0.5, 0.6) is 5.75 Å². The third-order valence-electron chi connectivity index (χ3n) is 8.61. The van der Waals surface area contributed by atoms with E-state index in [1.807, 2.05) is 61.7 Å². The van der Waals surface area contributed by atoms with Crippen molar-refractivity contribution in [1.82, 2.24) is 4.98 Å². The highest BCUT2D eigenvalue weighted by atomic mass is 16.5. The van der Waals surface area contributed by atoms with Crippen molar-refractivity contribution >= 4 is 39.2 Å². The molecule has 7 nitrogen and oxygen atoms in total. The molecule has 3 fully saturated rings. The van der Waals surface area contributed by atoms with E-state index < -0.39 is 23.0 Å². The van der Waals surface area contributed by atoms with Gasteiger partial charge in [-0.05, 0) is 44.0 Å². The molecule has 2 bridgehead atoms. The number of imide groups is 1. The lowest BCUT2D eigenvalue weighted by Gasteiger charge is -2.31. The van der Waals surface area contributed by atoms with Crippen molar-refractivity contribution in [1.29, 1.82) is 5.26 Å². The van der Waals surface area contributed by atoms with E-state index in [1.54, 1.807) is 12.1 Å². The first-order valence-electron chi connectivity index (χ1n) is 12.6. The number of nitrogens with one attached hydrogen (secondary N) is 1. The molecule has 7 heteroatoms. The summed E-state index contributed by atoms with van der Waals surface area (Å²) in [7, 11) is 0. The average molecular weight is 492 g/mol. The van der Waals surface area contributed by atoms with Gasteiger partial charge in [-0.2, -0.15) is 5.26 Å². The maximum atomic E-state index is 14.0. The Bertz CT molecular complexity index is 1650. The normalized spacial score (nSPS) is 28.3. The molecule has 2 amide bonds. The fourth-order valence-corrected chi connectivity index (χ4v) is 6.93. The number of benzene rings is 3. The monoisotopic (exact) mass is 491 g/mol. The third-order valence-corrected chi connectivity index (χ3v) is 8.61. The molecule has 4 aromatic rings. The second kappa shape index (κ2) is 7.67. The molecule has 1 aromatic heterocycles. The van der Waals surface area contributed by atoms with E-state index in [1.165, 1.54) is 4.90 Å². The van der Waals surface area contributed by atoms with Crippen LogP contribution in [0.15, 0.2) is 66.9 Å². The van der Waals surface area contributed by atoms with Gasteiger partial charge < -0.3 is 14.5 Å². The van der Waals surface area contributed by atoms with E-state index >= 15 is 0 Å². The molecule has 0 unspecified atom stereocenters. The minimum Gasteiger partial charge on any atom is -0.491 e. The van der Waals surface area contributed by atoms with Gasteiger partial charge in [0.05, 0.1) is 52.5 Å². The van der Waals surface area contributed by atoms with E-state index in [2.05, 4.69) is 11.1 Å². The molecule has 0 aliphatic carbocycles. The van der Waals surface area contributed by atoms with Gasteiger partial charge in [-0.15, -0.1) is 0 Å². The number of nitriles is 1. The van der Waals surface area contributed by atoms with Gasteiger partial charge in [0.1, 0.15) is 5.75 Å². The van der Waals surface area contributed by atoms with Crippen molar-refractivity contribution < 1.29 is 19.1 Å². The van der Waals surface area contributed by atoms with Crippen LogP contribution in [0.25, 0.3) is 21.7 Å². The average Bonchev–Trinajstić information content (AvgIpc) is 3.64. The third kappa shape index (κ3) is 2.96. The largest absolute Gasteiger partial charge is 0.491 e. The highest BCUT2D eigenvalue weighted by Gasteiger charge is 2.73. The Morgan fingerprint density at radius 3 is 2.68 bits per heavy atom. The zero-order chi connectivity index (χ0) is 25.4. The molecule has 1 N–H and O–H groups in total. The summed E-state index contributed by atoms with van der Waals surface area (Å²) < 4.78 is 12.7. The number of nitrogens with zero attached hydrogens (tertiary/aromatic N) is 2. The van der Waals surface area contributed by atoms with Gasteiger partial charge >= 0.3 is 0 Å². The first kappa shape index (κ1) is 22.1. The number of ether oxygens (including phenoxy) is 2. The van der Waals surface area contributed by atoms with Crippen molar-refractivity contribution in [3.05, 3.63) is 72.4 Å². The topological polar surface area (TPSA) is 95.4 Å². The molecule has 4 heterocycles. The highest BCUT2D eigenvalue weighted by molar-refractivity contribution is 6.26. The fraction of sp³-hybridized carbons (Fsp3) is 0.300. The Balaban J connectivity index is 1.22. The summed E-state index contributed by atoms with van der Waals surface area (Å²) >= 11 is 0. The molecule has 0 radical (unpaired) electrons. The maximum Gasteiger partial charge on any atom is 0.240 e. The number of carbonyl (C=O) groups is 2. The van der Waals surface area contributed by atoms with Crippen molar-refractivity contribution in [2.24, 2.45) is 11.8 Å². The smallest absolute Gasteiger partial charge is 0.240 e. The van der Waals surface area contributed by atoms with Gasteiger partial charge in [0.2, 0.25) is 11.8 Å². The first-order chi connectivity index (χ1) is 18.0. The number of aromatic amines is 1. The molecule has 0 saturated carbocycles. The number of anilines is 1. The Morgan fingerprint density at radius 1 is 1.03 bits per heavy atom. The number of fused-ring (bicyclic) bond motifs is 7. The maximum absolute atomic E-state index is 14.0. The molecule has 37 heavy (non-hydrogen) atoms. The van der Waals surface area contributed by atoms with Crippen LogP contribution in [-0.4, -0.2) is 34.6 Å². The molecular weight excluding hydrogens is 466 g/mol. The Hall–Kier alpha value is -4.15. The molecule has 4 atom stereocenters. The molecule has 0 spiro atoms. The summed E-state index contributed by atoms with van der Waals surface area (Å²) in [6.07, 6.45) is 3.83. The van der Waals surface area contributed by atoms with E-state index in [9.17, 15) is 14.9 Å². The number of H-pyrrole nitrogens is 1. The fourth-order valence-electron chi connectivity index (χ4n) is 6.93. The van der Waals surface area contributed by atoms with Crippen molar-refractivity contribution in [3.63, 3.8) is 0 Å². The predicted octanol–water partition coefficient (Wildman–Crippen LogP) is 5.09. The highest BCUT2D eigenvalue weighted by Crippen LogP contribution is 2.62. The summed E-state index contributed by atoms with van der Waals surface area (Å²) in [6.45, 7) is 2.34. The van der Waals surface area contributed by atoms with Gasteiger partial charge in [0.25, 0.3) is 0 Å². The standard InChI is InChI=1S/C30H25N3O4/c1-29-12-13-30(37-29,14-16-36-23-8-4-5-18-11-15-32-26(18)23)25-24(29)27(34)33(28(25)35)22-10-9-19(17-31)20-6-2-3-7-21(20)22/h2-11,15,24-25,32H,12-14,16H2,1H3/t24-,25+,29-,30-/m0/s1. The summed E-state index contributed by atoms with van der Waals surface area (Å²) in [6, 6.07) is 20.9. The minimum absolute atomic E-state index is 0.217. The van der Waals surface area contributed by atoms with Crippen molar-refractivity contribution in [2.75, 3.05) is 11.5 Å². The Morgan fingerprint density at radius 2 is 1.84 bits per heavy atom. The Labute approximate surface area is 213 Å². The van der Waals surface area contributed by atoms with Gasteiger partial charge in [-0.25, -0.2) is 4.90 Å². The SMILES string of the molecule is C[C@@]12CC[C@@](CCOc3cccc4cc[nH]c34)(O1)[C@H]1C(=O)N(c3ccc(C#N)c4ccccc34)C(=O)[C@H]12. The van der Waals surface area contributed by atoms with Gasteiger partial charge in [-0.3, -0.25) is 9.59 Å². The molecule has 3 aliphatic heterocycles. The summed E-state index contributed by atoms with van der Waals surface area (Å²) in [5, 5.41) is 12.1. The van der Waals surface area contributed by atoms with Crippen LogP contribution >= 0.6 is 0 Å². The van der Waals surface area contributed by atoms with Crippen molar-refractivity contribution in [2.45, 2.75) is 37.4 Å². The number of para-hydroxylation sites is 1. The number of rotatable bonds is 5. The Kier molecular flexibility index (Phi) is 4.58. The lowest BCUT2D eigenvalue weighted by atomic mass is 9.67. The molecular formula is C30H25N3O4. The predicted molar refractivity (Wildman–Crippen MR) is 138 cm³/mol. The van der Waals surface area contributed by atoms with Gasteiger partial charge in [0.15, 0.2) is 0 Å². The molecule has 3 saturated heterocycles. The number of hydrogen-bond acceptors (Lipinski definition) is 5. The van der Waals surface area contributed by atoms with Crippen LogP contribution in [0.3, 0.4) is 0 Å². The van der Waals surface area contributed by atoms with Crippen LogP contribution in [0.1, 0.15) is 31.7 Å². The zero-order valence-corrected chi connectivity index (χ0v) is 20.4. The summed E-state index contributed by atoms with van der Waals surface area (Å²) in [5.74, 6) is -0.771. The minimum atomic E-state index is -0.743. The first-order valence-corrected chi connectivity index (χ1v) is 12.6. The van der Waals surface area contributed by atoms with Crippen LogP contribution < -0.4 is 9.64 Å². The number of amides is 2.